The number of anilines is 1. The molecular weight excluding hydrogens is 354 g/mol. The van der Waals surface area contributed by atoms with E-state index < -0.39 is 6.10 Å². The summed E-state index contributed by atoms with van der Waals surface area (Å²) in [5.74, 6) is 0.512. The number of hydrogen-bond donors (Lipinski definition) is 1. The van der Waals surface area contributed by atoms with Gasteiger partial charge in [0.25, 0.3) is 5.91 Å². The van der Waals surface area contributed by atoms with Crippen molar-refractivity contribution in [2.24, 2.45) is 0 Å². The van der Waals surface area contributed by atoms with Crippen molar-refractivity contribution in [1.29, 1.82) is 0 Å². The zero-order valence-electron chi connectivity index (χ0n) is 13.9. The van der Waals surface area contributed by atoms with Crippen LogP contribution in [0.5, 0.6) is 5.75 Å². The molecule has 0 heterocycles. The second-order valence-corrected chi connectivity index (χ2v) is 7.45. The van der Waals surface area contributed by atoms with Crippen LogP contribution >= 0.6 is 15.9 Å². The molecule has 23 heavy (non-hydrogen) atoms. The monoisotopic (exact) mass is 375 g/mol. The van der Waals surface area contributed by atoms with Crippen LogP contribution in [0.25, 0.3) is 0 Å². The van der Waals surface area contributed by atoms with E-state index in [1.54, 1.807) is 6.92 Å². The molecule has 2 aromatic carbocycles. The number of rotatable bonds is 4. The summed E-state index contributed by atoms with van der Waals surface area (Å²) in [6.07, 6.45) is -0.575. The van der Waals surface area contributed by atoms with Crippen LogP contribution in [-0.4, -0.2) is 12.0 Å². The summed E-state index contributed by atoms with van der Waals surface area (Å²) in [6.45, 7) is 8.23. The molecular formula is C19H22BrNO2. The summed E-state index contributed by atoms with van der Waals surface area (Å²) in [7, 11) is 0. The zero-order valence-corrected chi connectivity index (χ0v) is 15.5. The molecule has 0 unspecified atom stereocenters. The molecule has 1 amide bonds. The van der Waals surface area contributed by atoms with Gasteiger partial charge in [-0.3, -0.25) is 4.79 Å². The number of ether oxygens (including phenoxy) is 1. The van der Waals surface area contributed by atoms with E-state index in [2.05, 4.69) is 42.0 Å². The maximum absolute atomic E-state index is 12.2. The Morgan fingerprint density at radius 2 is 1.78 bits per heavy atom. The van der Waals surface area contributed by atoms with Gasteiger partial charge in [-0.15, -0.1) is 0 Å². The third kappa shape index (κ3) is 5.10. The molecule has 0 saturated carbocycles. The summed E-state index contributed by atoms with van der Waals surface area (Å²) >= 11 is 3.38. The number of carbonyl (C=O) groups excluding carboxylic acids is 1. The quantitative estimate of drug-likeness (QED) is 0.801. The average molecular weight is 376 g/mol. The van der Waals surface area contributed by atoms with Crippen molar-refractivity contribution in [3.8, 4) is 5.75 Å². The van der Waals surface area contributed by atoms with E-state index in [-0.39, 0.29) is 11.3 Å². The van der Waals surface area contributed by atoms with Crippen molar-refractivity contribution in [1.82, 2.24) is 0 Å². The summed E-state index contributed by atoms with van der Waals surface area (Å²) in [5, 5.41) is 2.84. The van der Waals surface area contributed by atoms with E-state index in [0.717, 1.165) is 10.2 Å². The fraction of sp³-hybridized carbons (Fsp3) is 0.316. The van der Waals surface area contributed by atoms with E-state index in [1.165, 1.54) is 5.56 Å². The second kappa shape index (κ2) is 7.18. The summed E-state index contributed by atoms with van der Waals surface area (Å²) in [6, 6.07) is 15.4. The van der Waals surface area contributed by atoms with Gasteiger partial charge in [-0.05, 0) is 48.2 Å². The first-order chi connectivity index (χ1) is 10.8. The van der Waals surface area contributed by atoms with Crippen molar-refractivity contribution in [2.45, 2.75) is 39.2 Å². The van der Waals surface area contributed by atoms with E-state index >= 15 is 0 Å². The molecule has 0 aliphatic heterocycles. The van der Waals surface area contributed by atoms with Crippen LogP contribution in [-0.2, 0) is 10.2 Å². The van der Waals surface area contributed by atoms with Gasteiger partial charge < -0.3 is 10.1 Å². The van der Waals surface area contributed by atoms with Gasteiger partial charge in [0.05, 0.1) is 0 Å². The summed E-state index contributed by atoms with van der Waals surface area (Å²) < 4.78 is 6.64. The minimum Gasteiger partial charge on any atom is -0.481 e. The molecule has 0 radical (unpaired) electrons. The van der Waals surface area contributed by atoms with Crippen LogP contribution in [0.4, 0.5) is 5.69 Å². The molecule has 1 N–H and O–H groups in total. The predicted molar refractivity (Wildman–Crippen MR) is 98.0 cm³/mol. The van der Waals surface area contributed by atoms with E-state index in [4.69, 9.17) is 4.74 Å². The van der Waals surface area contributed by atoms with Crippen molar-refractivity contribution in [3.05, 3.63) is 58.6 Å². The highest BCUT2D eigenvalue weighted by Crippen LogP contribution is 2.24. The number of benzene rings is 2. The smallest absolute Gasteiger partial charge is 0.265 e. The molecule has 1 atom stereocenters. The summed E-state index contributed by atoms with van der Waals surface area (Å²) in [5.41, 5.74) is 2.07. The topological polar surface area (TPSA) is 38.3 Å². The lowest BCUT2D eigenvalue weighted by Crippen LogP contribution is -2.30. The van der Waals surface area contributed by atoms with Crippen molar-refractivity contribution in [2.75, 3.05) is 5.32 Å². The highest BCUT2D eigenvalue weighted by atomic mass is 79.9. The highest BCUT2D eigenvalue weighted by molar-refractivity contribution is 9.10. The van der Waals surface area contributed by atoms with Crippen LogP contribution in [0.3, 0.4) is 0 Å². The fourth-order valence-corrected chi connectivity index (χ4v) is 2.50. The van der Waals surface area contributed by atoms with Gasteiger partial charge in [-0.2, -0.15) is 0 Å². The Morgan fingerprint density at radius 3 is 2.35 bits per heavy atom. The van der Waals surface area contributed by atoms with Gasteiger partial charge in [-0.25, -0.2) is 0 Å². The largest absolute Gasteiger partial charge is 0.481 e. The Morgan fingerprint density at radius 1 is 1.13 bits per heavy atom. The predicted octanol–water partition coefficient (Wildman–Crippen LogP) is 5.15. The molecule has 4 heteroatoms. The van der Waals surface area contributed by atoms with Gasteiger partial charge in [0.15, 0.2) is 6.10 Å². The molecule has 3 nitrogen and oxygen atoms in total. The first-order valence-electron chi connectivity index (χ1n) is 7.59. The third-order valence-corrected chi connectivity index (χ3v) is 3.99. The molecule has 0 aliphatic carbocycles. The van der Waals surface area contributed by atoms with E-state index in [1.807, 2.05) is 48.5 Å². The molecule has 0 aliphatic rings. The molecule has 122 valence electrons. The lowest BCUT2D eigenvalue weighted by atomic mass is 9.87. The number of hydrogen-bond acceptors (Lipinski definition) is 2. The number of amides is 1. The van der Waals surface area contributed by atoms with Crippen LogP contribution < -0.4 is 10.1 Å². The highest BCUT2D eigenvalue weighted by Gasteiger charge is 2.16. The van der Waals surface area contributed by atoms with Crippen LogP contribution in [0.2, 0.25) is 0 Å². The third-order valence-electron chi connectivity index (χ3n) is 3.49. The Bertz CT molecular complexity index is 675. The second-order valence-electron chi connectivity index (χ2n) is 6.53. The number of nitrogens with one attached hydrogen (secondary N) is 1. The average Bonchev–Trinajstić information content (AvgIpc) is 2.46. The van der Waals surface area contributed by atoms with Crippen LogP contribution in [0, 0.1) is 0 Å². The summed E-state index contributed by atoms with van der Waals surface area (Å²) in [4.78, 5) is 12.2. The Labute approximate surface area is 146 Å². The van der Waals surface area contributed by atoms with Crippen LogP contribution in [0.15, 0.2) is 53.0 Å². The Hall–Kier alpha value is -1.81. The van der Waals surface area contributed by atoms with E-state index in [9.17, 15) is 4.79 Å². The number of carbonyl (C=O) groups is 1. The maximum Gasteiger partial charge on any atom is 0.265 e. The molecule has 0 spiro atoms. The standard InChI is InChI=1S/C19H22BrNO2/c1-13(18(22)21-16-7-5-6-15(20)12-16)23-17-10-8-14(9-11-17)19(2,3)4/h5-13H,1-4H3,(H,21,22)/t13-/m1/s1. The maximum atomic E-state index is 12.2. The molecule has 0 bridgehead atoms. The molecule has 2 aromatic rings. The van der Waals surface area contributed by atoms with Gasteiger partial charge in [0, 0.05) is 10.2 Å². The lowest BCUT2D eigenvalue weighted by molar-refractivity contribution is -0.122. The first-order valence-corrected chi connectivity index (χ1v) is 8.38. The number of halogens is 1. The van der Waals surface area contributed by atoms with Crippen molar-refractivity contribution < 1.29 is 9.53 Å². The van der Waals surface area contributed by atoms with Gasteiger partial charge in [0.2, 0.25) is 0 Å². The minimum absolute atomic E-state index is 0.0994. The zero-order chi connectivity index (χ0) is 17.0. The first kappa shape index (κ1) is 17.5. The normalized spacial score (nSPS) is 12.6. The fourth-order valence-electron chi connectivity index (χ4n) is 2.10. The SMILES string of the molecule is C[C@@H](Oc1ccc(C(C)(C)C)cc1)C(=O)Nc1cccc(Br)c1. The molecule has 0 aromatic heterocycles. The lowest BCUT2D eigenvalue weighted by Gasteiger charge is -2.20. The van der Waals surface area contributed by atoms with Crippen molar-refractivity contribution >= 4 is 27.5 Å². The van der Waals surface area contributed by atoms with Crippen LogP contribution in [0.1, 0.15) is 33.3 Å². The van der Waals surface area contributed by atoms with Gasteiger partial charge in [0.1, 0.15) is 5.75 Å². The van der Waals surface area contributed by atoms with Crippen molar-refractivity contribution in [3.63, 3.8) is 0 Å². The molecule has 0 fully saturated rings. The van der Waals surface area contributed by atoms with E-state index in [0.29, 0.717) is 5.75 Å². The minimum atomic E-state index is -0.575. The molecule has 0 saturated heterocycles. The van der Waals surface area contributed by atoms with Gasteiger partial charge >= 0.3 is 0 Å². The Kier molecular flexibility index (Phi) is 5.47. The Balaban J connectivity index is 1.98. The van der Waals surface area contributed by atoms with Gasteiger partial charge in [-0.1, -0.05) is 54.9 Å². The molecule has 2 rings (SSSR count).